The predicted molar refractivity (Wildman–Crippen MR) is 110 cm³/mol. The quantitative estimate of drug-likeness (QED) is 0.508. The van der Waals surface area contributed by atoms with Gasteiger partial charge in [0.05, 0.1) is 18.5 Å². The summed E-state index contributed by atoms with van der Waals surface area (Å²) in [5.41, 5.74) is 7.51. The SMILES string of the molecule is Cc1cccc(OCC(=O)N/N=C/c2c(C)nn(Cc3ccccc3)c2C)c1. The Hall–Kier alpha value is -3.41. The molecule has 1 aromatic heterocycles. The van der Waals surface area contributed by atoms with Gasteiger partial charge in [0, 0.05) is 11.3 Å². The summed E-state index contributed by atoms with van der Waals surface area (Å²) in [5, 5.41) is 8.63. The van der Waals surface area contributed by atoms with Crippen molar-refractivity contribution in [2.24, 2.45) is 5.10 Å². The second-order valence-electron chi connectivity index (χ2n) is 6.63. The maximum absolute atomic E-state index is 11.9. The Balaban J connectivity index is 1.57. The zero-order chi connectivity index (χ0) is 19.9. The molecule has 1 amide bonds. The number of nitrogens with zero attached hydrogens (tertiary/aromatic N) is 3. The maximum Gasteiger partial charge on any atom is 0.277 e. The molecule has 0 saturated carbocycles. The van der Waals surface area contributed by atoms with Gasteiger partial charge in [0.1, 0.15) is 5.75 Å². The van der Waals surface area contributed by atoms with E-state index in [2.05, 4.69) is 27.8 Å². The lowest BCUT2D eigenvalue weighted by Gasteiger charge is -2.05. The van der Waals surface area contributed by atoms with Gasteiger partial charge in [-0.05, 0) is 44.0 Å². The van der Waals surface area contributed by atoms with Crippen molar-refractivity contribution >= 4 is 12.1 Å². The topological polar surface area (TPSA) is 68.5 Å². The van der Waals surface area contributed by atoms with E-state index in [1.54, 1.807) is 6.21 Å². The average Bonchev–Trinajstić information content (AvgIpc) is 2.94. The van der Waals surface area contributed by atoms with Gasteiger partial charge in [0.15, 0.2) is 6.61 Å². The number of amides is 1. The third-order valence-corrected chi connectivity index (χ3v) is 4.35. The Kier molecular flexibility index (Phi) is 6.22. The van der Waals surface area contributed by atoms with Crippen molar-refractivity contribution in [3.8, 4) is 5.75 Å². The summed E-state index contributed by atoms with van der Waals surface area (Å²) in [4.78, 5) is 11.9. The van der Waals surface area contributed by atoms with Gasteiger partial charge >= 0.3 is 0 Å². The van der Waals surface area contributed by atoms with Crippen molar-refractivity contribution in [3.63, 3.8) is 0 Å². The molecule has 0 aliphatic carbocycles. The molecule has 0 aliphatic rings. The first-order chi connectivity index (χ1) is 13.5. The maximum atomic E-state index is 11.9. The molecule has 2 aromatic carbocycles. The van der Waals surface area contributed by atoms with Crippen LogP contribution in [0.15, 0.2) is 59.7 Å². The highest BCUT2D eigenvalue weighted by Crippen LogP contribution is 2.13. The Bertz CT molecular complexity index is 977. The van der Waals surface area contributed by atoms with Gasteiger partial charge in [-0.15, -0.1) is 0 Å². The van der Waals surface area contributed by atoms with E-state index < -0.39 is 0 Å². The van der Waals surface area contributed by atoms with E-state index >= 15 is 0 Å². The van der Waals surface area contributed by atoms with Crippen LogP contribution in [-0.4, -0.2) is 28.5 Å². The highest BCUT2D eigenvalue weighted by Gasteiger charge is 2.10. The monoisotopic (exact) mass is 376 g/mol. The minimum Gasteiger partial charge on any atom is -0.484 e. The summed E-state index contributed by atoms with van der Waals surface area (Å²) in [7, 11) is 0. The fourth-order valence-electron chi connectivity index (χ4n) is 2.86. The fraction of sp³-hybridized carbons (Fsp3) is 0.227. The Morgan fingerprint density at radius 2 is 1.93 bits per heavy atom. The number of aromatic nitrogens is 2. The van der Waals surface area contributed by atoms with E-state index in [0.29, 0.717) is 12.3 Å². The molecule has 0 saturated heterocycles. The van der Waals surface area contributed by atoms with E-state index in [-0.39, 0.29) is 12.5 Å². The molecule has 1 N–H and O–H groups in total. The van der Waals surface area contributed by atoms with Crippen LogP contribution in [0.2, 0.25) is 0 Å². The van der Waals surface area contributed by atoms with E-state index in [9.17, 15) is 4.79 Å². The third kappa shape index (κ3) is 5.07. The highest BCUT2D eigenvalue weighted by atomic mass is 16.5. The molecule has 6 nitrogen and oxygen atoms in total. The largest absolute Gasteiger partial charge is 0.484 e. The number of aryl methyl sites for hydroxylation is 2. The van der Waals surface area contributed by atoms with Crippen molar-refractivity contribution in [2.75, 3.05) is 6.61 Å². The molecule has 28 heavy (non-hydrogen) atoms. The lowest BCUT2D eigenvalue weighted by atomic mass is 10.2. The van der Waals surface area contributed by atoms with Gasteiger partial charge in [-0.2, -0.15) is 10.2 Å². The van der Waals surface area contributed by atoms with E-state index in [4.69, 9.17) is 4.74 Å². The van der Waals surface area contributed by atoms with Crippen LogP contribution in [0.1, 0.15) is 28.1 Å². The Morgan fingerprint density at radius 3 is 2.68 bits per heavy atom. The molecule has 0 radical (unpaired) electrons. The van der Waals surface area contributed by atoms with Crippen LogP contribution < -0.4 is 10.2 Å². The van der Waals surface area contributed by atoms with Gasteiger partial charge in [-0.25, -0.2) is 5.43 Å². The second kappa shape index (κ2) is 8.99. The summed E-state index contributed by atoms with van der Waals surface area (Å²) in [6.07, 6.45) is 1.63. The number of carbonyl (C=O) groups excluding carboxylic acids is 1. The van der Waals surface area contributed by atoms with Crippen LogP contribution in [0.4, 0.5) is 0 Å². The number of carbonyl (C=O) groups is 1. The van der Waals surface area contributed by atoms with Crippen LogP contribution in [-0.2, 0) is 11.3 Å². The summed E-state index contributed by atoms with van der Waals surface area (Å²) in [6.45, 7) is 6.50. The first kappa shape index (κ1) is 19.4. The molecule has 3 aromatic rings. The van der Waals surface area contributed by atoms with E-state index in [1.165, 1.54) is 5.56 Å². The molecular formula is C22H24N4O2. The van der Waals surface area contributed by atoms with E-state index in [0.717, 1.165) is 22.5 Å². The van der Waals surface area contributed by atoms with E-state index in [1.807, 2.05) is 67.9 Å². The Morgan fingerprint density at radius 1 is 1.14 bits per heavy atom. The van der Waals surface area contributed by atoms with Crippen molar-refractivity contribution in [1.82, 2.24) is 15.2 Å². The van der Waals surface area contributed by atoms with Crippen LogP contribution in [0.5, 0.6) is 5.75 Å². The zero-order valence-electron chi connectivity index (χ0n) is 16.3. The minimum absolute atomic E-state index is 0.0912. The first-order valence-corrected chi connectivity index (χ1v) is 9.12. The zero-order valence-corrected chi connectivity index (χ0v) is 16.3. The number of nitrogens with one attached hydrogen (secondary N) is 1. The number of hydrogen-bond donors (Lipinski definition) is 1. The van der Waals surface area contributed by atoms with Crippen LogP contribution in [0.3, 0.4) is 0 Å². The number of hydrazone groups is 1. The molecule has 3 rings (SSSR count). The number of benzene rings is 2. The number of ether oxygens (including phenoxy) is 1. The summed E-state index contributed by atoms with van der Waals surface area (Å²) in [6, 6.07) is 17.7. The van der Waals surface area contributed by atoms with Gasteiger partial charge < -0.3 is 4.74 Å². The molecule has 0 fully saturated rings. The second-order valence-corrected chi connectivity index (χ2v) is 6.63. The predicted octanol–water partition coefficient (Wildman–Crippen LogP) is 3.39. The first-order valence-electron chi connectivity index (χ1n) is 9.12. The van der Waals surface area contributed by atoms with Gasteiger partial charge in [0.2, 0.25) is 0 Å². The van der Waals surface area contributed by atoms with Crippen LogP contribution >= 0.6 is 0 Å². The molecule has 0 atom stereocenters. The minimum atomic E-state index is -0.315. The molecule has 1 heterocycles. The van der Waals surface area contributed by atoms with Crippen molar-refractivity contribution in [2.45, 2.75) is 27.3 Å². The lowest BCUT2D eigenvalue weighted by molar-refractivity contribution is -0.123. The Labute approximate surface area is 164 Å². The fourth-order valence-corrected chi connectivity index (χ4v) is 2.86. The number of hydrogen-bond acceptors (Lipinski definition) is 4. The van der Waals surface area contributed by atoms with Gasteiger partial charge in [0.25, 0.3) is 5.91 Å². The molecule has 0 unspecified atom stereocenters. The molecule has 0 spiro atoms. The molecular weight excluding hydrogens is 352 g/mol. The standard InChI is InChI=1S/C22H24N4O2/c1-16-8-7-11-20(12-16)28-15-22(27)24-23-13-21-17(2)25-26(18(21)3)14-19-9-5-4-6-10-19/h4-13H,14-15H2,1-3H3,(H,24,27)/b23-13+. The third-order valence-electron chi connectivity index (χ3n) is 4.35. The van der Waals surface area contributed by atoms with Crippen molar-refractivity contribution < 1.29 is 9.53 Å². The van der Waals surface area contributed by atoms with Gasteiger partial charge in [-0.1, -0.05) is 42.5 Å². The van der Waals surface area contributed by atoms with Crippen LogP contribution in [0, 0.1) is 20.8 Å². The number of rotatable bonds is 7. The smallest absolute Gasteiger partial charge is 0.277 e. The van der Waals surface area contributed by atoms with Crippen LogP contribution in [0.25, 0.3) is 0 Å². The highest BCUT2D eigenvalue weighted by molar-refractivity contribution is 5.84. The van der Waals surface area contributed by atoms with Crippen molar-refractivity contribution in [3.05, 3.63) is 82.7 Å². The summed E-state index contributed by atoms with van der Waals surface area (Å²) < 4.78 is 7.41. The molecule has 144 valence electrons. The van der Waals surface area contributed by atoms with Crippen molar-refractivity contribution in [1.29, 1.82) is 0 Å². The summed E-state index contributed by atoms with van der Waals surface area (Å²) >= 11 is 0. The average molecular weight is 376 g/mol. The normalized spacial score (nSPS) is 11.0. The summed E-state index contributed by atoms with van der Waals surface area (Å²) in [5.74, 6) is 0.345. The van der Waals surface area contributed by atoms with Gasteiger partial charge in [-0.3, -0.25) is 9.48 Å². The molecule has 6 heteroatoms. The molecule has 0 bridgehead atoms. The molecule has 0 aliphatic heterocycles. The lowest BCUT2D eigenvalue weighted by Crippen LogP contribution is -2.24.